The molecule has 6 heteroatoms. The number of aliphatic hydroxyl groups excluding tert-OH is 3. The molecule has 1 aliphatic rings. The molecule has 0 bridgehead atoms. The molecule has 2 heterocycles. The van der Waals surface area contributed by atoms with Crippen LogP contribution in [-0.4, -0.2) is 56.9 Å². The van der Waals surface area contributed by atoms with Crippen LogP contribution in [0.1, 0.15) is 29.2 Å². The van der Waals surface area contributed by atoms with Crippen molar-refractivity contribution in [1.82, 2.24) is 4.98 Å². The second-order valence-corrected chi connectivity index (χ2v) is 7.76. The van der Waals surface area contributed by atoms with Crippen LogP contribution in [0.15, 0.2) is 48.7 Å². The first-order chi connectivity index (χ1) is 14.0. The number of aliphatic hydroxyl groups is 4. The van der Waals surface area contributed by atoms with Crippen molar-refractivity contribution < 1.29 is 25.2 Å². The van der Waals surface area contributed by atoms with Crippen LogP contribution in [0.2, 0.25) is 0 Å². The van der Waals surface area contributed by atoms with Gasteiger partial charge < -0.3 is 30.1 Å². The number of nitrogens with one attached hydrogen (secondary N) is 1. The zero-order valence-electron chi connectivity index (χ0n) is 16.4. The molecule has 0 saturated carbocycles. The van der Waals surface area contributed by atoms with Gasteiger partial charge in [-0.15, -0.1) is 0 Å². The summed E-state index contributed by atoms with van der Waals surface area (Å²) in [7, 11) is 0. The van der Waals surface area contributed by atoms with Crippen molar-refractivity contribution in [3.8, 4) is 0 Å². The Bertz CT molecular complexity index is 983. The summed E-state index contributed by atoms with van der Waals surface area (Å²) in [6.07, 6.45) is -0.0430. The normalized spacial score (nSPS) is 27.4. The van der Waals surface area contributed by atoms with Gasteiger partial charge in [0.1, 0.15) is 23.9 Å². The van der Waals surface area contributed by atoms with Crippen LogP contribution in [0, 0.1) is 0 Å². The van der Waals surface area contributed by atoms with Gasteiger partial charge in [-0.3, -0.25) is 0 Å². The predicted octanol–water partition coefficient (Wildman–Crippen LogP) is 1.62. The van der Waals surface area contributed by atoms with Gasteiger partial charge in [-0.2, -0.15) is 0 Å². The SMILES string of the molecule is CCc1ccc(Cc2c[nH]c3ccc([C@@]4(O)[C@H](O)[C@@H](CO)OC[C@@H]4O)cc23)cc1. The molecule has 0 amide bonds. The summed E-state index contributed by atoms with van der Waals surface area (Å²) in [4.78, 5) is 3.24. The molecule has 0 aliphatic carbocycles. The van der Waals surface area contributed by atoms with Crippen LogP contribution in [0.4, 0.5) is 0 Å². The highest BCUT2D eigenvalue weighted by Gasteiger charge is 2.51. The third kappa shape index (κ3) is 3.47. The summed E-state index contributed by atoms with van der Waals surface area (Å²) < 4.78 is 5.25. The van der Waals surface area contributed by atoms with Gasteiger partial charge in [-0.25, -0.2) is 0 Å². The van der Waals surface area contributed by atoms with Gasteiger partial charge in [-0.1, -0.05) is 37.3 Å². The Hall–Kier alpha value is -2.22. The van der Waals surface area contributed by atoms with E-state index in [1.165, 1.54) is 11.1 Å². The van der Waals surface area contributed by atoms with Crippen molar-refractivity contribution in [3.63, 3.8) is 0 Å². The molecule has 1 aliphatic heterocycles. The monoisotopic (exact) mass is 397 g/mol. The first-order valence-corrected chi connectivity index (χ1v) is 9.96. The van der Waals surface area contributed by atoms with Gasteiger partial charge in [0, 0.05) is 17.1 Å². The van der Waals surface area contributed by atoms with Crippen LogP contribution in [0.25, 0.3) is 10.9 Å². The molecule has 4 rings (SSSR count). The molecule has 0 spiro atoms. The van der Waals surface area contributed by atoms with E-state index in [1.54, 1.807) is 12.1 Å². The minimum atomic E-state index is -1.92. The van der Waals surface area contributed by atoms with E-state index in [0.717, 1.165) is 29.3 Å². The molecule has 1 fully saturated rings. The average molecular weight is 397 g/mol. The molecular weight excluding hydrogens is 370 g/mol. The number of aromatic amines is 1. The minimum absolute atomic E-state index is 0.166. The number of rotatable bonds is 5. The summed E-state index contributed by atoms with van der Waals surface area (Å²) in [5.74, 6) is 0. The lowest BCUT2D eigenvalue weighted by Gasteiger charge is -2.44. The highest BCUT2D eigenvalue weighted by Crippen LogP contribution is 2.37. The van der Waals surface area contributed by atoms with Crippen molar-refractivity contribution in [1.29, 1.82) is 0 Å². The lowest BCUT2D eigenvalue weighted by atomic mass is 9.78. The van der Waals surface area contributed by atoms with Crippen molar-refractivity contribution in [2.24, 2.45) is 0 Å². The number of aromatic nitrogens is 1. The second kappa shape index (κ2) is 7.89. The molecule has 0 unspecified atom stereocenters. The quantitative estimate of drug-likeness (QED) is 0.450. The third-order valence-corrected chi connectivity index (χ3v) is 6.01. The Morgan fingerprint density at radius 3 is 2.52 bits per heavy atom. The topological polar surface area (TPSA) is 106 Å². The molecular formula is C23H27NO5. The molecule has 6 nitrogen and oxygen atoms in total. The molecule has 2 aromatic carbocycles. The number of hydrogen-bond acceptors (Lipinski definition) is 5. The Morgan fingerprint density at radius 1 is 1.10 bits per heavy atom. The van der Waals surface area contributed by atoms with Crippen molar-refractivity contribution >= 4 is 10.9 Å². The van der Waals surface area contributed by atoms with E-state index in [4.69, 9.17) is 4.74 Å². The fourth-order valence-electron chi connectivity index (χ4n) is 4.12. The lowest BCUT2D eigenvalue weighted by Crippen LogP contribution is -2.61. The van der Waals surface area contributed by atoms with E-state index < -0.39 is 30.5 Å². The first kappa shape index (κ1) is 20.1. The third-order valence-electron chi connectivity index (χ3n) is 6.01. The molecule has 5 N–H and O–H groups in total. The van der Waals surface area contributed by atoms with Crippen molar-refractivity contribution in [3.05, 3.63) is 70.9 Å². The first-order valence-electron chi connectivity index (χ1n) is 9.96. The van der Waals surface area contributed by atoms with E-state index in [0.29, 0.717) is 5.56 Å². The van der Waals surface area contributed by atoms with Crippen molar-refractivity contribution in [2.45, 2.75) is 43.7 Å². The molecule has 1 aromatic heterocycles. The van der Waals surface area contributed by atoms with E-state index in [9.17, 15) is 20.4 Å². The molecule has 4 atom stereocenters. The van der Waals surface area contributed by atoms with Gasteiger partial charge >= 0.3 is 0 Å². The number of benzene rings is 2. The van der Waals surface area contributed by atoms with E-state index >= 15 is 0 Å². The number of ether oxygens (including phenoxy) is 1. The maximum atomic E-state index is 11.2. The fourth-order valence-corrected chi connectivity index (χ4v) is 4.12. The van der Waals surface area contributed by atoms with Crippen LogP contribution in [0.5, 0.6) is 0 Å². The highest BCUT2D eigenvalue weighted by molar-refractivity contribution is 5.84. The zero-order chi connectivity index (χ0) is 20.6. The molecule has 0 radical (unpaired) electrons. The summed E-state index contributed by atoms with van der Waals surface area (Å²) in [5, 5.41) is 42.6. The number of aryl methyl sites for hydroxylation is 1. The van der Waals surface area contributed by atoms with Crippen molar-refractivity contribution in [2.75, 3.05) is 13.2 Å². The van der Waals surface area contributed by atoms with Crippen LogP contribution < -0.4 is 0 Å². The average Bonchev–Trinajstić information content (AvgIpc) is 3.15. The van der Waals surface area contributed by atoms with Gasteiger partial charge in [0.2, 0.25) is 0 Å². The smallest absolute Gasteiger partial charge is 0.146 e. The Morgan fingerprint density at radius 2 is 1.83 bits per heavy atom. The minimum Gasteiger partial charge on any atom is -0.394 e. The molecule has 1 saturated heterocycles. The maximum Gasteiger partial charge on any atom is 0.146 e. The standard InChI is InChI=1S/C23H27NO5/c1-2-14-3-5-15(6-4-14)9-16-11-24-19-8-7-17(10-18(16)19)23(28)21(26)13-29-20(12-25)22(23)27/h3-8,10-11,20-22,24-28H,2,9,12-13H2,1H3/t20-,21+,22-,23+/m1/s1. The van der Waals surface area contributed by atoms with E-state index in [-0.39, 0.29) is 6.61 Å². The Kier molecular flexibility index (Phi) is 5.46. The second-order valence-electron chi connectivity index (χ2n) is 7.76. The lowest BCUT2D eigenvalue weighted by molar-refractivity contribution is -0.253. The van der Waals surface area contributed by atoms with Crippen LogP contribution in [-0.2, 0) is 23.2 Å². The summed E-state index contributed by atoms with van der Waals surface area (Å²) >= 11 is 0. The number of H-pyrrole nitrogens is 1. The Balaban J connectivity index is 1.70. The molecule has 154 valence electrons. The van der Waals surface area contributed by atoms with Crippen LogP contribution in [0.3, 0.4) is 0 Å². The van der Waals surface area contributed by atoms with Gasteiger partial charge in [0.05, 0.1) is 13.2 Å². The zero-order valence-corrected chi connectivity index (χ0v) is 16.4. The van der Waals surface area contributed by atoms with E-state index in [1.807, 2.05) is 12.3 Å². The van der Waals surface area contributed by atoms with Gasteiger partial charge in [0.15, 0.2) is 0 Å². The Labute approximate surface area is 169 Å². The number of hydrogen-bond donors (Lipinski definition) is 5. The number of fused-ring (bicyclic) bond motifs is 1. The summed E-state index contributed by atoms with van der Waals surface area (Å²) in [5.41, 5.74) is 2.92. The summed E-state index contributed by atoms with van der Waals surface area (Å²) in [6.45, 7) is 1.52. The van der Waals surface area contributed by atoms with E-state index in [2.05, 4.69) is 36.2 Å². The van der Waals surface area contributed by atoms with Crippen LogP contribution >= 0.6 is 0 Å². The largest absolute Gasteiger partial charge is 0.394 e. The fraction of sp³-hybridized carbons (Fsp3) is 0.391. The predicted molar refractivity (Wildman–Crippen MR) is 110 cm³/mol. The van der Waals surface area contributed by atoms with Gasteiger partial charge in [0.25, 0.3) is 0 Å². The maximum absolute atomic E-state index is 11.2. The molecule has 29 heavy (non-hydrogen) atoms. The highest BCUT2D eigenvalue weighted by atomic mass is 16.5. The summed E-state index contributed by atoms with van der Waals surface area (Å²) in [6, 6.07) is 13.8. The molecule has 3 aromatic rings. The van der Waals surface area contributed by atoms with Gasteiger partial charge in [-0.05, 0) is 47.2 Å².